The third-order valence-electron chi connectivity index (χ3n) is 3.71. The van der Waals surface area contributed by atoms with Crippen LogP contribution in [0.4, 0.5) is 23.2 Å². The van der Waals surface area contributed by atoms with Crippen molar-refractivity contribution in [3.63, 3.8) is 0 Å². The summed E-state index contributed by atoms with van der Waals surface area (Å²) in [6, 6.07) is 10.2. The maximum atomic E-state index is 14.5. The van der Waals surface area contributed by atoms with Gasteiger partial charge < -0.3 is 9.04 Å². The molecule has 0 amide bonds. The van der Waals surface area contributed by atoms with Crippen LogP contribution >= 0.6 is 11.9 Å². The average molecular weight is 385 g/mol. The van der Waals surface area contributed by atoms with E-state index in [1.165, 1.54) is 30.1 Å². The minimum absolute atomic E-state index is 0.0824. The van der Waals surface area contributed by atoms with E-state index in [1.807, 2.05) is 6.26 Å². The first-order valence-electron chi connectivity index (χ1n) is 7.62. The number of nitrogens with zero attached hydrogens (tertiary/aromatic N) is 2. The van der Waals surface area contributed by atoms with Crippen molar-refractivity contribution in [1.29, 1.82) is 0 Å². The molecule has 138 valence electrons. The van der Waals surface area contributed by atoms with Crippen LogP contribution in [0, 0.1) is 11.6 Å². The molecule has 0 spiro atoms. The molecule has 0 radical (unpaired) electrons. The lowest BCUT2D eigenvalue weighted by atomic mass is 10.1. The maximum Gasteiger partial charge on any atom is 0.294 e. The Hall–Kier alpha value is -2.42. The second-order valence-electron chi connectivity index (χ2n) is 5.42. The zero-order valence-electron chi connectivity index (χ0n) is 13.6. The molecule has 1 heterocycles. The van der Waals surface area contributed by atoms with Crippen molar-refractivity contribution >= 4 is 23.5 Å². The van der Waals surface area contributed by atoms with Gasteiger partial charge in [-0.15, -0.1) is 5.10 Å². The summed E-state index contributed by atoms with van der Waals surface area (Å²) in [4.78, 5) is 0. The van der Waals surface area contributed by atoms with Gasteiger partial charge in [0.15, 0.2) is 0 Å². The first kappa shape index (κ1) is 18.4. The van der Waals surface area contributed by atoms with Gasteiger partial charge in [-0.2, -0.15) is 0 Å². The molecule has 0 fully saturated rings. The Morgan fingerprint density at radius 1 is 1.19 bits per heavy atom. The van der Waals surface area contributed by atoms with Crippen LogP contribution in [0.5, 0.6) is 0 Å². The SMILES string of the molecule is CSN(Cc1ccc(C2=NNC(C(F)F)O2)cc1F)c1ccc(F)cc1. The molecule has 4 nitrogen and oxygen atoms in total. The first-order valence-corrected chi connectivity index (χ1v) is 8.80. The van der Waals surface area contributed by atoms with Gasteiger partial charge in [0, 0.05) is 23.1 Å². The number of hydrazone groups is 1. The quantitative estimate of drug-likeness (QED) is 0.600. The molecule has 1 aliphatic heterocycles. The lowest BCUT2D eigenvalue weighted by Crippen LogP contribution is -2.30. The number of alkyl halides is 2. The van der Waals surface area contributed by atoms with Crippen LogP contribution in [-0.4, -0.2) is 24.8 Å². The third-order valence-corrected chi connectivity index (χ3v) is 4.49. The maximum absolute atomic E-state index is 14.5. The second-order valence-corrected chi connectivity index (χ2v) is 6.23. The summed E-state index contributed by atoms with van der Waals surface area (Å²) in [5, 5.41) is 3.66. The van der Waals surface area contributed by atoms with E-state index >= 15 is 0 Å². The minimum atomic E-state index is -2.74. The summed E-state index contributed by atoms with van der Waals surface area (Å²) < 4.78 is 59.4. The van der Waals surface area contributed by atoms with Crippen molar-refractivity contribution in [2.24, 2.45) is 5.10 Å². The Bertz CT molecular complexity index is 801. The van der Waals surface area contributed by atoms with Crippen LogP contribution in [0.1, 0.15) is 11.1 Å². The van der Waals surface area contributed by atoms with Gasteiger partial charge in [0.25, 0.3) is 6.43 Å². The van der Waals surface area contributed by atoms with Gasteiger partial charge in [-0.1, -0.05) is 18.0 Å². The van der Waals surface area contributed by atoms with E-state index in [1.54, 1.807) is 28.6 Å². The molecule has 2 aromatic carbocycles. The molecule has 1 atom stereocenters. The van der Waals surface area contributed by atoms with Gasteiger partial charge in [0.2, 0.25) is 12.1 Å². The summed E-state index contributed by atoms with van der Waals surface area (Å²) in [5.41, 5.74) is 3.54. The van der Waals surface area contributed by atoms with Gasteiger partial charge in [-0.3, -0.25) is 5.43 Å². The molecule has 1 unspecified atom stereocenters. The Morgan fingerprint density at radius 2 is 1.92 bits per heavy atom. The van der Waals surface area contributed by atoms with Crippen LogP contribution in [0.2, 0.25) is 0 Å². The lowest BCUT2D eigenvalue weighted by molar-refractivity contribution is 0.000584. The Labute approximate surface area is 152 Å². The Kier molecular flexibility index (Phi) is 5.55. The zero-order valence-corrected chi connectivity index (χ0v) is 14.4. The number of anilines is 1. The minimum Gasteiger partial charge on any atom is -0.445 e. The van der Waals surface area contributed by atoms with Crippen molar-refractivity contribution < 1.29 is 22.3 Å². The molecule has 9 heteroatoms. The number of nitrogens with one attached hydrogen (secondary N) is 1. The summed E-state index contributed by atoms with van der Waals surface area (Å²) in [6.07, 6.45) is -2.45. The molecule has 0 aromatic heterocycles. The fraction of sp³-hybridized carbons (Fsp3) is 0.235. The molecular formula is C17H15F4N3OS. The molecule has 2 aromatic rings. The van der Waals surface area contributed by atoms with Crippen LogP contribution in [0.3, 0.4) is 0 Å². The van der Waals surface area contributed by atoms with E-state index < -0.39 is 18.5 Å². The van der Waals surface area contributed by atoms with Crippen LogP contribution in [-0.2, 0) is 11.3 Å². The van der Waals surface area contributed by atoms with Crippen molar-refractivity contribution in [2.75, 3.05) is 10.6 Å². The molecule has 0 saturated carbocycles. The van der Waals surface area contributed by atoms with E-state index in [2.05, 4.69) is 10.5 Å². The van der Waals surface area contributed by atoms with E-state index in [9.17, 15) is 17.6 Å². The predicted octanol–water partition coefficient (Wildman–Crippen LogP) is 4.12. The monoisotopic (exact) mass is 385 g/mol. The lowest BCUT2D eigenvalue weighted by Gasteiger charge is -2.22. The fourth-order valence-electron chi connectivity index (χ4n) is 2.37. The number of halogens is 4. The van der Waals surface area contributed by atoms with E-state index in [0.29, 0.717) is 5.56 Å². The highest BCUT2D eigenvalue weighted by Gasteiger charge is 2.29. The molecular weight excluding hydrogens is 370 g/mol. The fourth-order valence-corrected chi connectivity index (χ4v) is 2.97. The summed E-state index contributed by atoms with van der Waals surface area (Å²) in [6.45, 7) is 0.240. The molecule has 0 aliphatic carbocycles. The number of hydrogen-bond donors (Lipinski definition) is 1. The molecule has 0 bridgehead atoms. The topological polar surface area (TPSA) is 36.9 Å². The van der Waals surface area contributed by atoms with E-state index in [-0.39, 0.29) is 23.8 Å². The predicted molar refractivity (Wildman–Crippen MR) is 93.0 cm³/mol. The van der Waals surface area contributed by atoms with Crippen LogP contribution < -0.4 is 9.73 Å². The number of hydrogen-bond acceptors (Lipinski definition) is 5. The van der Waals surface area contributed by atoms with Gasteiger partial charge in [-0.25, -0.2) is 17.6 Å². The van der Waals surface area contributed by atoms with E-state index in [4.69, 9.17) is 4.74 Å². The largest absolute Gasteiger partial charge is 0.445 e. The molecule has 26 heavy (non-hydrogen) atoms. The van der Waals surface area contributed by atoms with Crippen LogP contribution in [0.25, 0.3) is 0 Å². The summed E-state index contributed by atoms with van der Waals surface area (Å²) >= 11 is 1.37. The highest BCUT2D eigenvalue weighted by molar-refractivity contribution is 7.99. The Balaban J connectivity index is 1.74. The third kappa shape index (κ3) is 4.04. The van der Waals surface area contributed by atoms with Crippen molar-refractivity contribution in [2.45, 2.75) is 19.2 Å². The number of benzene rings is 2. The van der Waals surface area contributed by atoms with Crippen molar-refractivity contribution in [3.8, 4) is 0 Å². The number of rotatable bonds is 6. The molecule has 1 N–H and O–H groups in total. The molecule has 0 saturated heterocycles. The van der Waals surface area contributed by atoms with Gasteiger partial charge in [0.05, 0.1) is 6.54 Å². The Morgan fingerprint density at radius 3 is 2.50 bits per heavy atom. The highest BCUT2D eigenvalue weighted by Crippen LogP contribution is 2.25. The van der Waals surface area contributed by atoms with Gasteiger partial charge in [0.1, 0.15) is 11.6 Å². The summed E-state index contributed by atoms with van der Waals surface area (Å²) in [5.74, 6) is -0.949. The zero-order chi connectivity index (χ0) is 18.7. The summed E-state index contributed by atoms with van der Waals surface area (Å²) in [7, 11) is 0. The van der Waals surface area contributed by atoms with E-state index in [0.717, 1.165) is 5.69 Å². The highest BCUT2D eigenvalue weighted by atomic mass is 32.2. The number of ether oxygens (including phenoxy) is 1. The van der Waals surface area contributed by atoms with Gasteiger partial charge >= 0.3 is 0 Å². The molecule has 1 aliphatic rings. The normalized spacial score (nSPS) is 16.2. The van der Waals surface area contributed by atoms with Crippen LogP contribution in [0.15, 0.2) is 47.6 Å². The smallest absolute Gasteiger partial charge is 0.294 e. The standard InChI is InChI=1S/C17H15F4N3OS/c1-26-24(13-6-4-12(18)5-7-13)9-11-3-2-10(8-14(11)19)16-22-23-17(25-16)15(20)21/h2-8,15,17,23H,9H2,1H3. The molecule has 3 rings (SSSR count). The van der Waals surface area contributed by atoms with Crippen molar-refractivity contribution in [3.05, 3.63) is 65.2 Å². The van der Waals surface area contributed by atoms with Crippen molar-refractivity contribution in [1.82, 2.24) is 5.43 Å². The average Bonchev–Trinajstić information content (AvgIpc) is 3.12. The van der Waals surface area contributed by atoms with Gasteiger partial charge in [-0.05, 0) is 36.4 Å². The second kappa shape index (κ2) is 7.86. The first-order chi connectivity index (χ1) is 12.5.